The monoisotopic (exact) mass is 1040 g/mol. The first-order chi connectivity index (χ1) is 33.3. The molecule has 0 spiro atoms. The number of Topliss-reactive ketones (excluding diaryl/α,β-unsaturated/α-hetero) is 3. The highest BCUT2D eigenvalue weighted by Crippen LogP contribution is 2.38. The summed E-state index contributed by atoms with van der Waals surface area (Å²) in [6, 6.07) is -1.24. The molecule has 3 heterocycles. The maximum Gasteiger partial charge on any atom is 0.422 e. The average molecular weight is 1040 g/mol. The van der Waals surface area contributed by atoms with Gasteiger partial charge in [0, 0.05) is 62.0 Å². The first-order valence-electron chi connectivity index (χ1n) is 24.9. The third-order valence-corrected chi connectivity index (χ3v) is 15.3. The molecule has 4 rings (SSSR count). The van der Waals surface area contributed by atoms with Gasteiger partial charge in [0.2, 0.25) is 5.79 Å². The van der Waals surface area contributed by atoms with Crippen LogP contribution in [-0.2, 0) is 56.9 Å². The van der Waals surface area contributed by atoms with Gasteiger partial charge in [-0.3, -0.25) is 19.2 Å². The summed E-state index contributed by atoms with van der Waals surface area (Å²) in [5.74, 6) is -9.52. The number of rotatable bonds is 7. The molecule has 71 heavy (non-hydrogen) atoms. The zero-order valence-electron chi connectivity index (χ0n) is 42.6. The van der Waals surface area contributed by atoms with Gasteiger partial charge in [0.15, 0.2) is 5.78 Å². The summed E-state index contributed by atoms with van der Waals surface area (Å²) in [6.45, 7) is 12.0. The fraction of sp³-hybridized carbons (Fsp3) is 0.725. The molecule has 0 radical (unpaired) electrons. The molecule has 1 aliphatic carbocycles. The van der Waals surface area contributed by atoms with Crippen molar-refractivity contribution >= 4 is 55.2 Å². The number of amides is 2. The molecular formula is C51H77ClN2O16S. The molecule has 0 unspecified atom stereocenters. The molecule has 15 atom stereocenters. The molecule has 0 aromatic rings. The Labute approximate surface area is 423 Å². The van der Waals surface area contributed by atoms with Crippen LogP contribution in [0.3, 0.4) is 0 Å². The van der Waals surface area contributed by atoms with E-state index in [0.717, 1.165) is 10.5 Å². The highest BCUT2D eigenvalue weighted by Gasteiger charge is 2.53. The van der Waals surface area contributed by atoms with E-state index in [4.69, 9.17) is 34.4 Å². The maximum atomic E-state index is 14.4. The first-order valence-corrected chi connectivity index (χ1v) is 27.2. The summed E-state index contributed by atoms with van der Waals surface area (Å²) in [4.78, 5) is 83.8. The normalized spacial score (nSPS) is 38.1. The molecule has 4 N–H and O–H groups in total. The summed E-state index contributed by atoms with van der Waals surface area (Å²) < 4.78 is 53.4. The second kappa shape index (κ2) is 26.9. The Morgan fingerprint density at radius 3 is 2.27 bits per heavy atom. The number of aliphatic hydroxyl groups is 3. The van der Waals surface area contributed by atoms with Crippen LogP contribution in [0.5, 0.6) is 0 Å². The van der Waals surface area contributed by atoms with Crippen LogP contribution in [0.15, 0.2) is 47.6 Å². The zero-order chi connectivity index (χ0) is 53.0. The number of methoxy groups -OCH3 is 2. The number of ketones is 3. The number of aliphatic hydroxyl groups excluding tert-OH is 2. The largest absolute Gasteiger partial charge is 0.460 e. The van der Waals surface area contributed by atoms with Crippen molar-refractivity contribution in [2.24, 2.45) is 35.5 Å². The quantitative estimate of drug-likeness (QED) is 0.103. The van der Waals surface area contributed by atoms with Crippen molar-refractivity contribution in [1.82, 2.24) is 9.62 Å². The molecule has 2 bridgehead atoms. The van der Waals surface area contributed by atoms with Crippen molar-refractivity contribution in [3.63, 3.8) is 0 Å². The van der Waals surface area contributed by atoms with E-state index in [1.807, 2.05) is 44.2 Å². The minimum Gasteiger partial charge on any atom is -0.460 e. The number of ether oxygens (including phenoxy) is 5. The number of carbonyl (C=O) groups is 6. The Balaban J connectivity index is 1.68. The second-order valence-electron chi connectivity index (χ2n) is 20.3. The smallest absolute Gasteiger partial charge is 0.422 e. The number of piperidine rings is 1. The van der Waals surface area contributed by atoms with E-state index < -0.39 is 123 Å². The maximum absolute atomic E-state index is 14.4. The third-order valence-electron chi connectivity index (χ3n) is 14.7. The fourth-order valence-electron chi connectivity index (χ4n) is 10.3. The van der Waals surface area contributed by atoms with Crippen molar-refractivity contribution in [1.29, 1.82) is 0 Å². The number of cyclic esters (lactones) is 1. The van der Waals surface area contributed by atoms with Crippen LogP contribution < -0.4 is 4.72 Å². The van der Waals surface area contributed by atoms with E-state index in [-0.39, 0.29) is 49.6 Å². The number of hydrogen-bond donors (Lipinski definition) is 4. The van der Waals surface area contributed by atoms with Gasteiger partial charge in [0.1, 0.15) is 36.2 Å². The topological polar surface area (TPSA) is 259 Å². The minimum absolute atomic E-state index is 0.0177. The van der Waals surface area contributed by atoms with E-state index in [9.17, 15) is 52.5 Å². The van der Waals surface area contributed by atoms with E-state index >= 15 is 0 Å². The number of esters is 1. The summed E-state index contributed by atoms with van der Waals surface area (Å²) in [6.07, 6.45) is 6.29. The average Bonchev–Trinajstić information content (AvgIpc) is 3.31. The summed E-state index contributed by atoms with van der Waals surface area (Å²) >= 11 is 0. The molecule has 2 saturated heterocycles. The van der Waals surface area contributed by atoms with E-state index in [1.165, 1.54) is 20.1 Å². The van der Waals surface area contributed by atoms with Gasteiger partial charge in [0.25, 0.3) is 11.7 Å². The van der Waals surface area contributed by atoms with Crippen molar-refractivity contribution < 1.29 is 76.2 Å². The Bertz CT molecular complexity index is 2130. The molecular weight excluding hydrogens is 964 g/mol. The minimum atomic E-state index is -4.39. The van der Waals surface area contributed by atoms with Crippen molar-refractivity contribution in [2.75, 3.05) is 20.8 Å². The van der Waals surface area contributed by atoms with Crippen LogP contribution >= 0.6 is 10.7 Å². The van der Waals surface area contributed by atoms with Gasteiger partial charge < -0.3 is 43.9 Å². The van der Waals surface area contributed by atoms with Crippen molar-refractivity contribution in [2.45, 2.75) is 180 Å². The lowest BCUT2D eigenvalue weighted by Gasteiger charge is -2.42. The Morgan fingerprint density at radius 1 is 0.901 bits per heavy atom. The lowest BCUT2D eigenvalue weighted by atomic mass is 9.78. The van der Waals surface area contributed by atoms with Gasteiger partial charge in [-0.1, -0.05) is 71.1 Å². The SMILES string of the molecule is CO[C@H]1C[C@@H]2CC[C@@H](C)[C@@](O)(O2)C(=O)C(=O)N2CCCC[C@H]2C(=O)O[C@H]([C@H](C)C[C@@H]2CC[C@@H](OC(=O)NS(=O)(=O)Cl)[C@H](OC)C2)CC(=O)[C@H](C)/C=C(\C)[C@@H](O)[C@@H](O)C(=O)[C@H](C)C[C@H](C)/C=C/C=C/C=C/1C. The Hall–Kier alpha value is -3.82. The highest BCUT2D eigenvalue weighted by molar-refractivity contribution is 8.12. The molecule has 2 amide bonds. The van der Waals surface area contributed by atoms with Crippen LogP contribution in [0, 0.1) is 35.5 Å². The van der Waals surface area contributed by atoms with Gasteiger partial charge in [-0.25, -0.2) is 14.3 Å². The fourth-order valence-corrected chi connectivity index (χ4v) is 10.7. The van der Waals surface area contributed by atoms with Gasteiger partial charge in [-0.05, 0) is 107 Å². The van der Waals surface area contributed by atoms with E-state index in [2.05, 4.69) is 0 Å². The molecule has 20 heteroatoms. The van der Waals surface area contributed by atoms with E-state index in [0.29, 0.717) is 51.4 Å². The standard InChI is InChI=1S/C51H77ClN2O16S/c1-29-15-11-10-12-16-30(2)41(66-8)27-37-20-18-35(7)51(63,70-37)47(59)48(60)54-22-14-13-17-38(54)49(61)68-42(28-39(55)31(3)24-34(6)45(57)46(58)44(56)33(5)23-29)32(4)25-36-19-21-40(43(26-36)67-9)69-50(62)53-71(52,64)65/h10-12,15-16,24,29,31-33,35-38,40-43,45-46,57-58,63H,13-14,17-23,25-28H2,1-9H3,(H,53,62)/b12-10+,15-11+,30-16+,34-24+/t29-,31-,32-,33-,35-,36+,37+,38+,40-,41+,42+,43-,45-,46+,51-/m1/s1. The van der Waals surface area contributed by atoms with Crippen LogP contribution in [-0.4, -0.2) is 139 Å². The Morgan fingerprint density at radius 2 is 1.61 bits per heavy atom. The molecule has 3 aliphatic heterocycles. The molecule has 1 saturated carbocycles. The lowest BCUT2D eigenvalue weighted by molar-refractivity contribution is -0.265. The number of carbonyl (C=O) groups excluding carboxylic acids is 6. The summed E-state index contributed by atoms with van der Waals surface area (Å²) in [7, 11) is 3.72. The highest BCUT2D eigenvalue weighted by atomic mass is 35.7. The Kier molecular flexibility index (Phi) is 22.7. The second-order valence-corrected chi connectivity index (χ2v) is 22.6. The van der Waals surface area contributed by atoms with Gasteiger partial charge in [0.05, 0.1) is 18.3 Å². The number of nitrogens with zero attached hydrogens (tertiary/aromatic N) is 1. The zero-order valence-corrected chi connectivity index (χ0v) is 44.2. The van der Waals surface area contributed by atoms with Crippen LogP contribution in [0.25, 0.3) is 0 Å². The predicted octanol–water partition coefficient (Wildman–Crippen LogP) is 5.74. The van der Waals surface area contributed by atoms with Crippen molar-refractivity contribution in [3.05, 3.63) is 47.6 Å². The summed E-state index contributed by atoms with van der Waals surface area (Å²) in [5, 5.41) is 34.2. The number of allylic oxidation sites excluding steroid dienone is 6. The summed E-state index contributed by atoms with van der Waals surface area (Å²) in [5.41, 5.74) is 1.03. The molecule has 3 fully saturated rings. The number of hydrogen-bond acceptors (Lipinski definition) is 16. The van der Waals surface area contributed by atoms with Crippen LogP contribution in [0.4, 0.5) is 4.79 Å². The lowest BCUT2D eigenvalue weighted by Crippen LogP contribution is -2.61. The molecule has 0 aromatic carbocycles. The van der Waals surface area contributed by atoms with Crippen molar-refractivity contribution in [3.8, 4) is 0 Å². The predicted molar refractivity (Wildman–Crippen MR) is 263 cm³/mol. The van der Waals surface area contributed by atoms with Gasteiger partial charge >= 0.3 is 21.3 Å². The van der Waals surface area contributed by atoms with Gasteiger partial charge in [-0.2, -0.15) is 8.42 Å². The number of fused-ring (bicyclic) bond motifs is 3. The molecule has 4 aliphatic rings. The molecule has 400 valence electrons. The van der Waals surface area contributed by atoms with E-state index in [1.54, 1.807) is 39.5 Å². The van der Waals surface area contributed by atoms with Crippen LogP contribution in [0.2, 0.25) is 0 Å². The molecule has 18 nitrogen and oxygen atoms in total. The first kappa shape index (κ1) is 59.7. The molecule has 0 aromatic heterocycles. The third kappa shape index (κ3) is 16.9. The number of halogens is 1. The van der Waals surface area contributed by atoms with Crippen LogP contribution in [0.1, 0.15) is 126 Å². The number of nitrogens with one attached hydrogen (secondary N) is 1. The van der Waals surface area contributed by atoms with Gasteiger partial charge in [-0.15, -0.1) is 0 Å².